The van der Waals surface area contributed by atoms with Gasteiger partial charge in [-0.3, -0.25) is 4.79 Å². The van der Waals surface area contributed by atoms with Crippen molar-refractivity contribution in [2.24, 2.45) is 23.7 Å². The van der Waals surface area contributed by atoms with E-state index in [0.29, 0.717) is 11.7 Å². The number of hydrogen-bond acceptors (Lipinski definition) is 1. The predicted molar refractivity (Wildman–Crippen MR) is 51.2 cm³/mol. The summed E-state index contributed by atoms with van der Waals surface area (Å²) in [7, 11) is 0. The van der Waals surface area contributed by atoms with E-state index in [9.17, 15) is 4.79 Å². The SMILES string of the molecule is C=C1[C@@H]2C(=O)CC[C@@H]3CCC[C@H]1[C@@H]32. The molecule has 0 unspecified atom stereocenters. The van der Waals surface area contributed by atoms with Gasteiger partial charge in [0.2, 0.25) is 0 Å². The van der Waals surface area contributed by atoms with Gasteiger partial charge in [0.1, 0.15) is 5.78 Å². The average Bonchev–Trinajstić information content (AvgIpc) is 2.15. The molecule has 0 heterocycles. The highest BCUT2D eigenvalue weighted by Gasteiger charge is 2.54. The zero-order valence-electron chi connectivity index (χ0n) is 7.96. The van der Waals surface area contributed by atoms with E-state index in [0.717, 1.165) is 24.2 Å². The van der Waals surface area contributed by atoms with E-state index in [1.807, 2.05) is 0 Å². The first-order chi connectivity index (χ1) is 6.29. The topological polar surface area (TPSA) is 17.1 Å². The summed E-state index contributed by atoms with van der Waals surface area (Å²) in [4.78, 5) is 11.6. The van der Waals surface area contributed by atoms with Crippen LogP contribution in [0.1, 0.15) is 32.1 Å². The van der Waals surface area contributed by atoms with Crippen molar-refractivity contribution in [3.05, 3.63) is 12.2 Å². The van der Waals surface area contributed by atoms with Crippen LogP contribution in [0.15, 0.2) is 12.2 Å². The summed E-state index contributed by atoms with van der Waals surface area (Å²) in [5.74, 6) is 3.11. The summed E-state index contributed by atoms with van der Waals surface area (Å²) in [5.41, 5.74) is 1.28. The Labute approximate surface area is 79.2 Å². The van der Waals surface area contributed by atoms with Gasteiger partial charge in [-0.25, -0.2) is 0 Å². The molecule has 1 heteroatoms. The fourth-order valence-electron chi connectivity index (χ4n) is 3.85. The number of allylic oxidation sites excluding steroid dienone is 1. The Balaban J connectivity index is 1.92. The van der Waals surface area contributed by atoms with E-state index in [-0.39, 0.29) is 0 Å². The van der Waals surface area contributed by atoms with Crippen LogP contribution < -0.4 is 0 Å². The van der Waals surface area contributed by atoms with Gasteiger partial charge in [-0.05, 0) is 30.6 Å². The molecular formula is C12H16O. The Kier molecular flexibility index (Phi) is 1.47. The highest BCUT2D eigenvalue weighted by Crippen LogP contribution is 2.58. The number of carbonyl (C=O) groups excluding carboxylic acids is 1. The van der Waals surface area contributed by atoms with E-state index in [1.54, 1.807) is 0 Å². The fraction of sp³-hybridized carbons (Fsp3) is 0.750. The molecule has 3 saturated carbocycles. The smallest absolute Gasteiger partial charge is 0.140 e. The Bertz CT molecular complexity index is 279. The first kappa shape index (κ1) is 7.78. The van der Waals surface area contributed by atoms with Crippen LogP contribution in [0.2, 0.25) is 0 Å². The van der Waals surface area contributed by atoms with Gasteiger partial charge in [0.25, 0.3) is 0 Å². The normalized spacial score (nSPS) is 48.3. The molecule has 0 saturated heterocycles. The Morgan fingerprint density at radius 2 is 2.08 bits per heavy atom. The minimum absolute atomic E-state index is 0.295. The Morgan fingerprint density at radius 1 is 1.23 bits per heavy atom. The Morgan fingerprint density at radius 3 is 2.92 bits per heavy atom. The second-order valence-electron chi connectivity index (χ2n) is 4.93. The summed E-state index contributed by atoms with van der Waals surface area (Å²) in [5, 5.41) is 0. The minimum Gasteiger partial charge on any atom is -0.299 e. The van der Waals surface area contributed by atoms with Crippen LogP contribution in [0.25, 0.3) is 0 Å². The third kappa shape index (κ3) is 0.853. The van der Waals surface area contributed by atoms with Crippen LogP contribution in [0, 0.1) is 23.7 Å². The first-order valence-corrected chi connectivity index (χ1v) is 5.50. The zero-order chi connectivity index (χ0) is 9.00. The van der Waals surface area contributed by atoms with Gasteiger partial charge in [0.15, 0.2) is 0 Å². The van der Waals surface area contributed by atoms with Gasteiger partial charge in [-0.1, -0.05) is 25.0 Å². The molecular weight excluding hydrogens is 160 g/mol. The number of rotatable bonds is 0. The lowest BCUT2D eigenvalue weighted by Gasteiger charge is -2.55. The predicted octanol–water partition coefficient (Wildman–Crippen LogP) is 2.57. The van der Waals surface area contributed by atoms with Crippen LogP contribution >= 0.6 is 0 Å². The van der Waals surface area contributed by atoms with E-state index >= 15 is 0 Å². The van der Waals surface area contributed by atoms with Crippen LogP contribution in [-0.2, 0) is 4.79 Å². The second-order valence-corrected chi connectivity index (χ2v) is 4.93. The molecule has 0 N–H and O–H groups in total. The van der Waals surface area contributed by atoms with E-state index in [4.69, 9.17) is 0 Å². The third-order valence-corrected chi connectivity index (χ3v) is 4.47. The maximum Gasteiger partial charge on any atom is 0.140 e. The van der Waals surface area contributed by atoms with Crippen LogP contribution in [0.3, 0.4) is 0 Å². The molecule has 0 spiro atoms. The van der Waals surface area contributed by atoms with Gasteiger partial charge >= 0.3 is 0 Å². The molecule has 0 aliphatic heterocycles. The van der Waals surface area contributed by atoms with Crippen molar-refractivity contribution in [3.63, 3.8) is 0 Å². The summed E-state index contributed by atoms with van der Waals surface area (Å²) >= 11 is 0. The van der Waals surface area contributed by atoms with Crippen molar-refractivity contribution in [1.82, 2.24) is 0 Å². The molecule has 3 fully saturated rings. The van der Waals surface area contributed by atoms with Crippen molar-refractivity contribution in [1.29, 1.82) is 0 Å². The number of Topliss-reactive ketones (excluding diaryl/α,β-unsaturated/α-hetero) is 1. The lowest BCUT2D eigenvalue weighted by atomic mass is 9.48. The largest absolute Gasteiger partial charge is 0.299 e. The second kappa shape index (κ2) is 2.46. The van der Waals surface area contributed by atoms with E-state index in [2.05, 4.69) is 6.58 Å². The van der Waals surface area contributed by atoms with Gasteiger partial charge in [-0.15, -0.1) is 0 Å². The minimum atomic E-state index is 0.295. The van der Waals surface area contributed by atoms with Crippen molar-refractivity contribution in [2.45, 2.75) is 32.1 Å². The zero-order valence-corrected chi connectivity index (χ0v) is 7.96. The summed E-state index contributed by atoms with van der Waals surface area (Å²) < 4.78 is 0. The van der Waals surface area contributed by atoms with Gasteiger partial charge in [0, 0.05) is 12.3 Å². The molecule has 3 aliphatic carbocycles. The van der Waals surface area contributed by atoms with E-state index in [1.165, 1.54) is 31.3 Å². The molecule has 4 atom stereocenters. The highest BCUT2D eigenvalue weighted by atomic mass is 16.1. The molecule has 0 bridgehead atoms. The van der Waals surface area contributed by atoms with Crippen LogP contribution in [0.5, 0.6) is 0 Å². The average molecular weight is 176 g/mol. The molecule has 0 aromatic rings. The molecule has 0 aromatic heterocycles. The molecule has 3 rings (SSSR count). The highest BCUT2D eigenvalue weighted by molar-refractivity contribution is 5.86. The van der Waals surface area contributed by atoms with Crippen molar-refractivity contribution < 1.29 is 4.79 Å². The van der Waals surface area contributed by atoms with Gasteiger partial charge < -0.3 is 0 Å². The summed E-state index contributed by atoms with van der Waals surface area (Å²) in [6.45, 7) is 4.09. The van der Waals surface area contributed by atoms with E-state index < -0.39 is 0 Å². The van der Waals surface area contributed by atoms with Crippen LogP contribution in [-0.4, -0.2) is 5.78 Å². The first-order valence-electron chi connectivity index (χ1n) is 5.50. The number of ketones is 1. The van der Waals surface area contributed by atoms with Gasteiger partial charge in [0.05, 0.1) is 0 Å². The molecule has 70 valence electrons. The molecule has 13 heavy (non-hydrogen) atoms. The number of carbonyl (C=O) groups is 1. The number of hydrogen-bond donors (Lipinski definition) is 0. The van der Waals surface area contributed by atoms with Crippen molar-refractivity contribution >= 4 is 5.78 Å². The molecule has 0 radical (unpaired) electrons. The Hall–Kier alpha value is -0.590. The molecule has 0 amide bonds. The monoisotopic (exact) mass is 176 g/mol. The van der Waals surface area contributed by atoms with Crippen molar-refractivity contribution in [3.8, 4) is 0 Å². The molecule has 0 aromatic carbocycles. The summed E-state index contributed by atoms with van der Waals surface area (Å²) in [6.07, 6.45) is 6.05. The molecule has 3 aliphatic rings. The van der Waals surface area contributed by atoms with Gasteiger partial charge in [-0.2, -0.15) is 0 Å². The third-order valence-electron chi connectivity index (χ3n) is 4.47. The quantitative estimate of drug-likeness (QED) is 0.518. The molecule has 1 nitrogen and oxygen atoms in total. The van der Waals surface area contributed by atoms with Crippen molar-refractivity contribution in [2.75, 3.05) is 0 Å². The fourth-order valence-corrected chi connectivity index (χ4v) is 3.85. The maximum absolute atomic E-state index is 11.6. The summed E-state index contributed by atoms with van der Waals surface area (Å²) in [6, 6.07) is 0. The standard InChI is InChI=1S/C12H16O/c1-7-9-4-2-3-8-5-6-10(13)11(7)12(8)9/h8-9,11-12H,1-6H2/t8-,9+,11+,12+/m0/s1. The maximum atomic E-state index is 11.6. The lowest BCUT2D eigenvalue weighted by Crippen LogP contribution is -2.52. The van der Waals surface area contributed by atoms with Crippen LogP contribution in [0.4, 0.5) is 0 Å². The lowest BCUT2D eigenvalue weighted by molar-refractivity contribution is -0.134.